The lowest BCUT2D eigenvalue weighted by molar-refractivity contribution is -0.128. The standard InChI is InChI=1S/C10H16O4S.C8H15OS/c1-9(2)7-3-4-10(9,8(11)5-7)6-15(12,13)14;1-8(9)7-10-5-3-2-4-6-10/h7H,3-6H2,1-2H3,(H,12,13,14);2-7H2,1H3/q;+1/p-1. The highest BCUT2D eigenvalue weighted by Gasteiger charge is 2.64. The van der Waals surface area contributed by atoms with Crippen LogP contribution in [0.3, 0.4) is 0 Å². The van der Waals surface area contributed by atoms with Gasteiger partial charge in [-0.05, 0) is 61.3 Å². The van der Waals surface area contributed by atoms with Crippen LogP contribution in [0.1, 0.15) is 59.3 Å². The number of carbonyl (C=O) groups excluding carboxylic acids is 2. The Balaban J connectivity index is 0.000000196. The summed E-state index contributed by atoms with van der Waals surface area (Å²) >= 11 is 0. The molecule has 0 aromatic carbocycles. The lowest BCUT2D eigenvalue weighted by atomic mass is 9.70. The number of Topliss-reactive ketones (excluding diaryl/α,β-unsaturated/α-hetero) is 2. The molecule has 2 aliphatic carbocycles. The van der Waals surface area contributed by atoms with Crippen molar-refractivity contribution in [1.29, 1.82) is 0 Å². The fourth-order valence-electron chi connectivity index (χ4n) is 4.73. The average molecular weight is 391 g/mol. The van der Waals surface area contributed by atoms with Crippen molar-refractivity contribution in [2.24, 2.45) is 16.7 Å². The molecule has 3 fully saturated rings. The lowest BCUT2D eigenvalue weighted by Gasteiger charge is -2.37. The van der Waals surface area contributed by atoms with Crippen LogP contribution < -0.4 is 0 Å². The third kappa shape index (κ3) is 4.66. The molecule has 0 aromatic rings. The smallest absolute Gasteiger partial charge is 0.178 e. The van der Waals surface area contributed by atoms with Crippen molar-refractivity contribution in [2.45, 2.75) is 59.3 Å². The van der Waals surface area contributed by atoms with Crippen LogP contribution in [0.4, 0.5) is 0 Å². The van der Waals surface area contributed by atoms with E-state index in [1.165, 1.54) is 30.8 Å². The highest BCUT2D eigenvalue weighted by molar-refractivity contribution is 7.97. The van der Waals surface area contributed by atoms with Crippen LogP contribution in [-0.2, 0) is 30.6 Å². The molecular formula is C18H30O5S2. The van der Waals surface area contributed by atoms with E-state index in [1.54, 1.807) is 6.92 Å². The minimum atomic E-state index is -4.33. The first kappa shape index (κ1) is 20.9. The van der Waals surface area contributed by atoms with Gasteiger partial charge in [0.25, 0.3) is 0 Å². The molecule has 2 saturated carbocycles. The molecule has 7 heteroatoms. The third-order valence-electron chi connectivity index (χ3n) is 6.34. The lowest BCUT2D eigenvalue weighted by Crippen LogP contribution is -2.42. The quantitative estimate of drug-likeness (QED) is 0.542. The van der Waals surface area contributed by atoms with Gasteiger partial charge in [0.05, 0.1) is 15.9 Å². The molecule has 0 aromatic heterocycles. The fourth-order valence-corrected chi connectivity index (χ4v) is 8.31. The van der Waals surface area contributed by atoms with Gasteiger partial charge < -0.3 is 4.55 Å². The van der Waals surface area contributed by atoms with Crippen LogP contribution in [0, 0.1) is 16.7 Å². The van der Waals surface area contributed by atoms with E-state index >= 15 is 0 Å². The Bertz CT molecular complexity index is 619. The molecule has 0 amide bonds. The monoisotopic (exact) mass is 390 g/mol. The first-order valence-corrected chi connectivity index (χ1v) is 12.4. The van der Waals surface area contributed by atoms with Crippen LogP contribution in [0.25, 0.3) is 0 Å². The average Bonchev–Trinajstić information content (AvgIpc) is 2.80. The third-order valence-corrected chi connectivity index (χ3v) is 9.73. The second-order valence-electron chi connectivity index (χ2n) is 8.30. The first-order valence-electron chi connectivity index (χ1n) is 9.08. The zero-order valence-corrected chi connectivity index (χ0v) is 17.1. The molecule has 2 unspecified atom stereocenters. The minimum absolute atomic E-state index is 0.0248. The summed E-state index contributed by atoms with van der Waals surface area (Å²) in [6, 6.07) is 0. The maximum absolute atomic E-state index is 11.8. The van der Waals surface area contributed by atoms with Gasteiger partial charge in [-0.2, -0.15) is 0 Å². The second-order valence-corrected chi connectivity index (χ2v) is 12.0. The molecule has 0 N–H and O–H groups in total. The molecular weight excluding hydrogens is 360 g/mol. The molecule has 1 heterocycles. The summed E-state index contributed by atoms with van der Waals surface area (Å²) < 4.78 is 32.7. The van der Waals surface area contributed by atoms with E-state index in [0.717, 1.165) is 12.2 Å². The molecule has 5 nitrogen and oxygen atoms in total. The number of ketones is 2. The number of hydrogen-bond acceptors (Lipinski definition) is 5. The number of hydrogen-bond donors (Lipinski definition) is 0. The molecule has 144 valence electrons. The van der Waals surface area contributed by atoms with Crippen LogP contribution >= 0.6 is 0 Å². The van der Waals surface area contributed by atoms with Crippen LogP contribution in [0.2, 0.25) is 0 Å². The van der Waals surface area contributed by atoms with Crippen molar-refractivity contribution in [3.05, 3.63) is 0 Å². The summed E-state index contributed by atoms with van der Waals surface area (Å²) in [6.07, 6.45) is 5.98. The predicted molar refractivity (Wildman–Crippen MR) is 99.6 cm³/mol. The Kier molecular flexibility index (Phi) is 6.43. The van der Waals surface area contributed by atoms with Crippen molar-refractivity contribution >= 4 is 32.6 Å². The van der Waals surface area contributed by atoms with Gasteiger partial charge in [-0.25, -0.2) is 8.42 Å². The molecule has 0 radical (unpaired) electrons. The molecule has 2 atom stereocenters. The van der Waals surface area contributed by atoms with Gasteiger partial charge in [0.2, 0.25) is 0 Å². The topological polar surface area (TPSA) is 91.3 Å². The van der Waals surface area contributed by atoms with Gasteiger partial charge in [0.15, 0.2) is 11.5 Å². The van der Waals surface area contributed by atoms with Gasteiger partial charge >= 0.3 is 0 Å². The molecule has 2 bridgehead atoms. The summed E-state index contributed by atoms with van der Waals surface area (Å²) in [7, 11) is -3.85. The fraction of sp³-hybridized carbons (Fsp3) is 0.889. The summed E-state index contributed by atoms with van der Waals surface area (Å²) in [5, 5.41) is 0. The second kappa shape index (κ2) is 7.69. The number of carbonyl (C=O) groups is 2. The maximum Gasteiger partial charge on any atom is 0.178 e. The normalized spacial score (nSPS) is 31.5. The highest BCUT2D eigenvalue weighted by atomic mass is 32.2. The van der Waals surface area contributed by atoms with Crippen LogP contribution in [0.15, 0.2) is 0 Å². The largest absolute Gasteiger partial charge is 0.748 e. The van der Waals surface area contributed by atoms with Crippen LogP contribution in [-0.4, -0.2) is 47.5 Å². The Hall–Kier alpha value is -0.400. The van der Waals surface area contributed by atoms with Crippen molar-refractivity contribution < 1.29 is 22.6 Å². The molecule has 1 saturated heterocycles. The Morgan fingerprint density at radius 3 is 2.24 bits per heavy atom. The van der Waals surface area contributed by atoms with E-state index in [4.69, 9.17) is 0 Å². The van der Waals surface area contributed by atoms with E-state index in [9.17, 15) is 22.6 Å². The minimum Gasteiger partial charge on any atom is -0.748 e. The van der Waals surface area contributed by atoms with Gasteiger partial charge in [-0.3, -0.25) is 9.59 Å². The van der Waals surface area contributed by atoms with Gasteiger partial charge in [0.1, 0.15) is 17.3 Å². The molecule has 1 aliphatic heterocycles. The van der Waals surface area contributed by atoms with E-state index < -0.39 is 21.3 Å². The summed E-state index contributed by atoms with van der Waals surface area (Å²) in [5.41, 5.74) is -1.22. The zero-order valence-electron chi connectivity index (χ0n) is 15.5. The molecule has 3 aliphatic rings. The first-order chi connectivity index (χ1) is 11.5. The van der Waals surface area contributed by atoms with E-state index in [0.29, 0.717) is 29.5 Å². The molecule has 3 rings (SSSR count). The maximum atomic E-state index is 11.8. The summed E-state index contributed by atoms with van der Waals surface area (Å²) in [4.78, 5) is 22.6. The summed E-state index contributed by atoms with van der Waals surface area (Å²) in [6.45, 7) is 5.54. The van der Waals surface area contributed by atoms with Gasteiger partial charge in [-0.15, -0.1) is 0 Å². The van der Waals surface area contributed by atoms with Crippen molar-refractivity contribution in [2.75, 3.05) is 23.0 Å². The Labute approximate surface area is 154 Å². The predicted octanol–water partition coefficient (Wildman–Crippen LogP) is 2.30. The van der Waals surface area contributed by atoms with Crippen molar-refractivity contribution in [3.63, 3.8) is 0 Å². The van der Waals surface area contributed by atoms with Crippen LogP contribution in [0.5, 0.6) is 0 Å². The molecule has 0 spiro atoms. The van der Waals surface area contributed by atoms with E-state index in [1.807, 2.05) is 13.8 Å². The molecule has 25 heavy (non-hydrogen) atoms. The Morgan fingerprint density at radius 2 is 1.84 bits per heavy atom. The van der Waals surface area contributed by atoms with E-state index in [-0.39, 0.29) is 17.1 Å². The van der Waals surface area contributed by atoms with E-state index in [2.05, 4.69) is 0 Å². The summed E-state index contributed by atoms with van der Waals surface area (Å²) in [5.74, 6) is 3.60. The van der Waals surface area contributed by atoms with Crippen molar-refractivity contribution in [1.82, 2.24) is 0 Å². The number of rotatable bonds is 4. The highest BCUT2D eigenvalue weighted by Crippen LogP contribution is 2.64. The number of fused-ring (bicyclic) bond motifs is 2. The van der Waals surface area contributed by atoms with Gasteiger partial charge in [-0.1, -0.05) is 13.8 Å². The Morgan fingerprint density at radius 1 is 1.24 bits per heavy atom. The van der Waals surface area contributed by atoms with Gasteiger partial charge in [0, 0.05) is 11.8 Å². The SMILES string of the molecule is CC(=O)C[S+]1CCCCC1.CC1(C)C2CCC1(CS(=O)(=O)[O-])C(=O)C2. The van der Waals surface area contributed by atoms with Crippen molar-refractivity contribution in [3.8, 4) is 0 Å². The zero-order chi connectivity index (χ0) is 18.9.